The standard InChI is InChI=1S/C19H34NO3P/c1-2-3-4-5-6-7-8-9-10-14-17-20-19(24(21,22)23)18-15-12-11-13-16-18/h11-13,15-16,19-20H,2-10,14,17H2,1H3,(H2,21,22,23). The Labute approximate surface area is 147 Å². The van der Waals surface area contributed by atoms with E-state index in [-0.39, 0.29) is 0 Å². The smallest absolute Gasteiger partial charge is 0.323 e. The van der Waals surface area contributed by atoms with Gasteiger partial charge in [-0.15, -0.1) is 0 Å². The molecule has 24 heavy (non-hydrogen) atoms. The third-order valence-corrected chi connectivity index (χ3v) is 5.47. The Morgan fingerprint density at radius 3 is 1.88 bits per heavy atom. The van der Waals surface area contributed by atoms with Crippen molar-refractivity contribution < 1.29 is 14.4 Å². The number of hydrogen-bond donors (Lipinski definition) is 3. The van der Waals surface area contributed by atoms with Crippen LogP contribution in [0.2, 0.25) is 0 Å². The van der Waals surface area contributed by atoms with E-state index < -0.39 is 13.4 Å². The predicted octanol–water partition coefficient (Wildman–Crippen LogP) is 5.37. The van der Waals surface area contributed by atoms with Gasteiger partial charge in [-0.25, -0.2) is 0 Å². The molecule has 0 radical (unpaired) electrons. The highest BCUT2D eigenvalue weighted by Gasteiger charge is 2.29. The van der Waals surface area contributed by atoms with Gasteiger partial charge in [0.2, 0.25) is 0 Å². The van der Waals surface area contributed by atoms with Crippen molar-refractivity contribution in [3.63, 3.8) is 0 Å². The topological polar surface area (TPSA) is 69.6 Å². The average Bonchev–Trinajstić information content (AvgIpc) is 2.55. The van der Waals surface area contributed by atoms with Crippen molar-refractivity contribution in [2.24, 2.45) is 0 Å². The first kappa shape index (κ1) is 21.4. The Morgan fingerprint density at radius 2 is 1.38 bits per heavy atom. The summed E-state index contributed by atoms with van der Waals surface area (Å²) in [5.41, 5.74) is 0.651. The molecule has 3 N–H and O–H groups in total. The summed E-state index contributed by atoms with van der Waals surface area (Å²) < 4.78 is 11.7. The van der Waals surface area contributed by atoms with Crippen LogP contribution in [-0.4, -0.2) is 16.3 Å². The molecule has 1 atom stereocenters. The van der Waals surface area contributed by atoms with E-state index in [4.69, 9.17) is 0 Å². The zero-order valence-corrected chi connectivity index (χ0v) is 15.9. The summed E-state index contributed by atoms with van der Waals surface area (Å²) in [4.78, 5) is 19.1. The predicted molar refractivity (Wildman–Crippen MR) is 101 cm³/mol. The molecule has 0 heterocycles. The zero-order valence-electron chi connectivity index (χ0n) is 15.0. The van der Waals surface area contributed by atoms with Crippen LogP contribution in [-0.2, 0) is 4.57 Å². The molecule has 0 saturated carbocycles. The van der Waals surface area contributed by atoms with Crippen molar-refractivity contribution in [3.05, 3.63) is 35.9 Å². The Kier molecular flexibility index (Phi) is 11.3. The minimum Gasteiger partial charge on any atom is -0.323 e. The minimum absolute atomic E-state index is 0.640. The maximum absolute atomic E-state index is 11.7. The van der Waals surface area contributed by atoms with Crippen LogP contribution in [0.15, 0.2) is 30.3 Å². The van der Waals surface area contributed by atoms with Crippen LogP contribution in [0.5, 0.6) is 0 Å². The van der Waals surface area contributed by atoms with Gasteiger partial charge < -0.3 is 9.79 Å². The number of nitrogens with one attached hydrogen (secondary N) is 1. The maximum Gasteiger partial charge on any atom is 0.346 e. The SMILES string of the molecule is CCCCCCCCCCCCNC(c1ccccc1)P(=O)(O)O. The van der Waals surface area contributed by atoms with Gasteiger partial charge in [-0.3, -0.25) is 9.88 Å². The fourth-order valence-corrected chi connectivity index (χ4v) is 3.84. The van der Waals surface area contributed by atoms with Gasteiger partial charge in [-0.2, -0.15) is 0 Å². The van der Waals surface area contributed by atoms with Crippen molar-refractivity contribution in [3.8, 4) is 0 Å². The molecule has 5 heteroatoms. The number of unbranched alkanes of at least 4 members (excludes halogenated alkanes) is 9. The van der Waals surface area contributed by atoms with E-state index in [1.807, 2.05) is 6.07 Å². The molecule has 0 bridgehead atoms. The van der Waals surface area contributed by atoms with Crippen molar-refractivity contribution in [2.75, 3.05) is 6.54 Å². The molecule has 0 aromatic heterocycles. The number of hydrogen-bond acceptors (Lipinski definition) is 2. The summed E-state index contributed by atoms with van der Waals surface area (Å²) in [6.45, 7) is 2.88. The minimum atomic E-state index is -4.19. The van der Waals surface area contributed by atoms with E-state index in [0.29, 0.717) is 12.1 Å². The molecular formula is C19H34NO3P. The summed E-state index contributed by atoms with van der Waals surface area (Å²) >= 11 is 0. The lowest BCUT2D eigenvalue weighted by molar-refractivity contribution is 0.347. The van der Waals surface area contributed by atoms with Gasteiger partial charge in [0, 0.05) is 0 Å². The lowest BCUT2D eigenvalue weighted by Gasteiger charge is -2.20. The molecule has 138 valence electrons. The molecule has 1 rings (SSSR count). The zero-order chi connectivity index (χ0) is 17.7. The summed E-state index contributed by atoms with van der Waals surface area (Å²) in [7, 11) is -4.19. The molecule has 4 nitrogen and oxygen atoms in total. The second kappa shape index (κ2) is 12.7. The van der Waals surface area contributed by atoms with Crippen LogP contribution < -0.4 is 5.32 Å². The van der Waals surface area contributed by atoms with Gasteiger partial charge in [0.05, 0.1) is 0 Å². The molecule has 0 aliphatic rings. The van der Waals surface area contributed by atoms with Crippen LogP contribution in [0.1, 0.15) is 82.5 Å². The lowest BCUT2D eigenvalue weighted by Crippen LogP contribution is -2.22. The summed E-state index contributed by atoms with van der Waals surface area (Å²) in [5.74, 6) is -0.891. The third-order valence-electron chi connectivity index (χ3n) is 4.32. The molecule has 0 fully saturated rings. The third kappa shape index (κ3) is 9.58. The molecule has 1 unspecified atom stereocenters. The van der Waals surface area contributed by atoms with E-state index in [9.17, 15) is 14.4 Å². The van der Waals surface area contributed by atoms with E-state index >= 15 is 0 Å². The normalized spacial score (nSPS) is 13.1. The highest BCUT2D eigenvalue weighted by atomic mass is 31.2. The molecule has 1 aromatic rings. The second-order valence-electron chi connectivity index (χ2n) is 6.54. The summed E-state index contributed by atoms with van der Waals surface area (Å²) in [6.07, 6.45) is 12.6. The van der Waals surface area contributed by atoms with Gasteiger partial charge in [-0.05, 0) is 18.5 Å². The summed E-state index contributed by atoms with van der Waals surface area (Å²) in [6, 6.07) is 8.98. The first-order valence-electron chi connectivity index (χ1n) is 9.39. The summed E-state index contributed by atoms with van der Waals surface area (Å²) in [5, 5.41) is 3.04. The van der Waals surface area contributed by atoms with Crippen LogP contribution in [0, 0.1) is 0 Å². The van der Waals surface area contributed by atoms with Crippen LogP contribution in [0.3, 0.4) is 0 Å². The first-order chi connectivity index (χ1) is 11.6. The molecular weight excluding hydrogens is 321 g/mol. The highest BCUT2D eigenvalue weighted by molar-refractivity contribution is 7.52. The van der Waals surface area contributed by atoms with Crippen molar-refractivity contribution in [2.45, 2.75) is 76.9 Å². The molecule has 1 aromatic carbocycles. The Hall–Kier alpha value is -0.670. The van der Waals surface area contributed by atoms with Gasteiger partial charge in [-0.1, -0.05) is 95.0 Å². The van der Waals surface area contributed by atoms with E-state index in [1.54, 1.807) is 24.3 Å². The quantitative estimate of drug-likeness (QED) is 0.310. The Bertz CT molecular complexity index is 461. The van der Waals surface area contributed by atoms with Gasteiger partial charge in [0.25, 0.3) is 0 Å². The largest absolute Gasteiger partial charge is 0.346 e. The maximum atomic E-state index is 11.7. The van der Waals surface area contributed by atoms with Gasteiger partial charge >= 0.3 is 7.60 Å². The Morgan fingerprint density at radius 1 is 0.875 bits per heavy atom. The molecule has 0 spiro atoms. The van der Waals surface area contributed by atoms with E-state index in [0.717, 1.165) is 12.8 Å². The fraction of sp³-hybridized carbons (Fsp3) is 0.684. The van der Waals surface area contributed by atoms with Crippen molar-refractivity contribution in [1.29, 1.82) is 0 Å². The Balaban J connectivity index is 2.13. The van der Waals surface area contributed by atoms with E-state index in [2.05, 4.69) is 12.2 Å². The van der Waals surface area contributed by atoms with Crippen molar-refractivity contribution >= 4 is 7.60 Å². The highest BCUT2D eigenvalue weighted by Crippen LogP contribution is 2.49. The van der Waals surface area contributed by atoms with Crippen LogP contribution in [0.4, 0.5) is 0 Å². The second-order valence-corrected chi connectivity index (χ2v) is 8.23. The number of benzene rings is 1. The fourth-order valence-electron chi connectivity index (χ4n) is 2.92. The molecule has 0 aliphatic heterocycles. The van der Waals surface area contributed by atoms with E-state index in [1.165, 1.54) is 51.4 Å². The lowest BCUT2D eigenvalue weighted by atomic mass is 10.1. The van der Waals surface area contributed by atoms with Crippen LogP contribution in [0.25, 0.3) is 0 Å². The van der Waals surface area contributed by atoms with Crippen LogP contribution >= 0.6 is 7.60 Å². The monoisotopic (exact) mass is 355 g/mol. The molecule has 0 saturated heterocycles. The number of rotatable bonds is 14. The van der Waals surface area contributed by atoms with Gasteiger partial charge in [0.1, 0.15) is 5.78 Å². The van der Waals surface area contributed by atoms with Gasteiger partial charge in [0.15, 0.2) is 0 Å². The molecule has 0 aliphatic carbocycles. The average molecular weight is 355 g/mol. The van der Waals surface area contributed by atoms with Crippen molar-refractivity contribution in [1.82, 2.24) is 5.32 Å². The first-order valence-corrected chi connectivity index (χ1v) is 11.1. The molecule has 0 amide bonds.